The van der Waals surface area contributed by atoms with E-state index in [4.69, 9.17) is 4.55 Å². The van der Waals surface area contributed by atoms with Crippen LogP contribution in [-0.4, -0.2) is 19.6 Å². The molecule has 0 aliphatic carbocycles. The molecule has 0 heterocycles. The maximum Gasteiger partial charge on any atom is 0.397 e. The smallest absolute Gasteiger partial charge is 0.344 e. The third-order valence-corrected chi connectivity index (χ3v) is 4.90. The maximum atomic E-state index is 10.4. The molecule has 0 aromatic rings. The molecule has 0 fully saturated rings. The van der Waals surface area contributed by atoms with Crippen LogP contribution in [0, 0.1) is 5.41 Å². The van der Waals surface area contributed by atoms with Crippen molar-refractivity contribution in [2.24, 2.45) is 5.41 Å². The third-order valence-electron chi connectivity index (χ3n) is 4.44. The minimum absolute atomic E-state index is 0. The van der Waals surface area contributed by atoms with Gasteiger partial charge in [0.25, 0.3) is 0 Å². The molecule has 0 rings (SSSR count). The molecule has 4 N–H and O–H groups in total. The Hall–Kier alpha value is -0.170. The minimum Gasteiger partial charge on any atom is -0.344 e. The van der Waals surface area contributed by atoms with Gasteiger partial charge in [-0.15, -0.1) is 0 Å². The third kappa shape index (κ3) is 19.9. The molecule has 0 aromatic carbocycles. The van der Waals surface area contributed by atoms with Gasteiger partial charge in [0, 0.05) is 0 Å². The van der Waals surface area contributed by atoms with Crippen LogP contribution in [0.4, 0.5) is 0 Å². The highest BCUT2D eigenvalue weighted by Gasteiger charge is 2.16. The van der Waals surface area contributed by atoms with Crippen LogP contribution in [0.25, 0.3) is 0 Å². The standard InChI is InChI=1S/C18H38O4S.H3N/c1-4-5-6-7-8-9-10-11-12-15-18(2,3)16-13-14-17-22-23(19,20)21;/h4-17H2,1-3H3,(H,19,20,21);1H3. The van der Waals surface area contributed by atoms with Crippen molar-refractivity contribution < 1.29 is 17.2 Å². The minimum atomic E-state index is -4.27. The average molecular weight is 368 g/mol. The number of unbranched alkanes of at least 4 members (excludes halogenated alkanes) is 9. The Bertz CT molecular complexity index is 369. The summed E-state index contributed by atoms with van der Waals surface area (Å²) in [5.74, 6) is 0. The van der Waals surface area contributed by atoms with E-state index in [1.807, 2.05) is 0 Å². The Morgan fingerprint density at radius 3 is 1.67 bits per heavy atom. The van der Waals surface area contributed by atoms with Gasteiger partial charge >= 0.3 is 10.4 Å². The number of rotatable bonds is 16. The van der Waals surface area contributed by atoms with E-state index in [2.05, 4.69) is 25.0 Å². The SMILES string of the molecule is CCCCCCCCCCCC(C)(C)CCCCOS(=O)(=O)O.N. The van der Waals surface area contributed by atoms with Crippen LogP contribution in [0.15, 0.2) is 0 Å². The average Bonchev–Trinajstić information content (AvgIpc) is 2.44. The summed E-state index contributed by atoms with van der Waals surface area (Å²) in [7, 11) is -4.27. The topological polar surface area (TPSA) is 98.6 Å². The molecule has 0 saturated carbocycles. The van der Waals surface area contributed by atoms with Gasteiger partial charge in [-0.05, 0) is 24.7 Å². The summed E-state index contributed by atoms with van der Waals surface area (Å²) in [6, 6.07) is 0. The summed E-state index contributed by atoms with van der Waals surface area (Å²) in [5, 5.41) is 0. The van der Waals surface area contributed by atoms with Crippen LogP contribution in [-0.2, 0) is 14.6 Å². The molecule has 0 unspecified atom stereocenters. The van der Waals surface area contributed by atoms with Gasteiger partial charge in [0.1, 0.15) is 0 Å². The van der Waals surface area contributed by atoms with Crippen molar-refractivity contribution >= 4 is 10.4 Å². The van der Waals surface area contributed by atoms with E-state index in [1.165, 1.54) is 64.2 Å². The molecule has 0 saturated heterocycles. The van der Waals surface area contributed by atoms with Crippen molar-refractivity contribution in [3.05, 3.63) is 0 Å². The fraction of sp³-hybridized carbons (Fsp3) is 1.00. The zero-order chi connectivity index (χ0) is 17.6. The normalized spacial score (nSPS) is 12.2. The highest BCUT2D eigenvalue weighted by molar-refractivity contribution is 7.80. The summed E-state index contributed by atoms with van der Waals surface area (Å²) in [4.78, 5) is 0. The number of hydrogen-bond donors (Lipinski definition) is 2. The van der Waals surface area contributed by atoms with E-state index in [0.29, 0.717) is 11.8 Å². The molecule has 5 nitrogen and oxygen atoms in total. The molecule has 0 spiro atoms. The summed E-state index contributed by atoms with van der Waals surface area (Å²) in [6.45, 7) is 6.89. The first-order valence-electron chi connectivity index (χ1n) is 9.39. The molecular weight excluding hydrogens is 326 g/mol. The predicted octanol–water partition coefficient (Wildman–Crippen LogP) is 6.09. The predicted molar refractivity (Wildman–Crippen MR) is 102 cm³/mol. The van der Waals surface area contributed by atoms with Gasteiger partial charge in [0.05, 0.1) is 6.61 Å². The van der Waals surface area contributed by atoms with Crippen LogP contribution in [0.2, 0.25) is 0 Å². The van der Waals surface area contributed by atoms with Gasteiger partial charge < -0.3 is 6.15 Å². The second-order valence-corrected chi connectivity index (χ2v) is 8.54. The largest absolute Gasteiger partial charge is 0.397 e. The van der Waals surface area contributed by atoms with Gasteiger partial charge in [-0.25, -0.2) is 4.18 Å². The van der Waals surface area contributed by atoms with Crippen molar-refractivity contribution in [3.63, 3.8) is 0 Å². The van der Waals surface area contributed by atoms with Crippen LogP contribution >= 0.6 is 0 Å². The molecular formula is C18H41NO4S. The van der Waals surface area contributed by atoms with Crippen molar-refractivity contribution in [1.29, 1.82) is 0 Å². The Morgan fingerprint density at radius 2 is 1.21 bits per heavy atom. The molecule has 24 heavy (non-hydrogen) atoms. The molecule has 0 atom stereocenters. The van der Waals surface area contributed by atoms with E-state index < -0.39 is 10.4 Å². The molecule has 0 aliphatic heterocycles. The monoisotopic (exact) mass is 367 g/mol. The van der Waals surface area contributed by atoms with Crippen molar-refractivity contribution in [3.8, 4) is 0 Å². The molecule has 0 amide bonds. The zero-order valence-electron chi connectivity index (χ0n) is 16.2. The van der Waals surface area contributed by atoms with Gasteiger partial charge in [0.15, 0.2) is 0 Å². The second-order valence-electron chi connectivity index (χ2n) is 7.45. The Labute approximate surface area is 150 Å². The lowest BCUT2D eigenvalue weighted by Crippen LogP contribution is -2.12. The van der Waals surface area contributed by atoms with Crippen LogP contribution < -0.4 is 6.15 Å². The Balaban J connectivity index is 0. The lowest BCUT2D eigenvalue weighted by atomic mass is 9.82. The summed E-state index contributed by atoms with van der Waals surface area (Å²) >= 11 is 0. The van der Waals surface area contributed by atoms with Crippen molar-refractivity contribution in [1.82, 2.24) is 6.15 Å². The van der Waals surface area contributed by atoms with Gasteiger partial charge in [-0.2, -0.15) is 8.42 Å². The van der Waals surface area contributed by atoms with Crippen LogP contribution in [0.1, 0.15) is 104 Å². The fourth-order valence-electron chi connectivity index (χ4n) is 2.91. The first kappa shape index (κ1) is 26.1. The molecule has 148 valence electrons. The first-order chi connectivity index (χ1) is 10.8. The lowest BCUT2D eigenvalue weighted by Gasteiger charge is -2.24. The van der Waals surface area contributed by atoms with E-state index in [-0.39, 0.29) is 12.8 Å². The van der Waals surface area contributed by atoms with E-state index in [9.17, 15) is 8.42 Å². The highest BCUT2D eigenvalue weighted by atomic mass is 32.3. The number of hydrogen-bond acceptors (Lipinski definition) is 4. The van der Waals surface area contributed by atoms with Crippen molar-refractivity contribution in [2.75, 3.05) is 6.61 Å². The van der Waals surface area contributed by atoms with Gasteiger partial charge in [0.2, 0.25) is 0 Å². The van der Waals surface area contributed by atoms with E-state index >= 15 is 0 Å². The summed E-state index contributed by atoms with van der Waals surface area (Å²) in [6.07, 6.45) is 16.1. The Morgan fingerprint density at radius 1 is 0.792 bits per heavy atom. The molecule has 0 radical (unpaired) electrons. The van der Waals surface area contributed by atoms with Gasteiger partial charge in [-0.1, -0.05) is 85.0 Å². The molecule has 0 aliphatic rings. The second kappa shape index (κ2) is 15.1. The Kier molecular flexibility index (Phi) is 16.4. The molecule has 0 aromatic heterocycles. The van der Waals surface area contributed by atoms with Crippen LogP contribution in [0.3, 0.4) is 0 Å². The lowest BCUT2D eigenvalue weighted by molar-refractivity contribution is 0.241. The van der Waals surface area contributed by atoms with Crippen molar-refractivity contribution in [2.45, 2.75) is 104 Å². The summed E-state index contributed by atoms with van der Waals surface area (Å²) < 4.78 is 33.7. The maximum absolute atomic E-state index is 10.4. The fourth-order valence-corrected chi connectivity index (χ4v) is 3.24. The van der Waals surface area contributed by atoms with Crippen LogP contribution in [0.5, 0.6) is 0 Å². The molecule has 6 heteroatoms. The summed E-state index contributed by atoms with van der Waals surface area (Å²) in [5.41, 5.74) is 0.305. The quantitative estimate of drug-likeness (QED) is 0.254. The van der Waals surface area contributed by atoms with E-state index in [0.717, 1.165) is 12.8 Å². The first-order valence-corrected chi connectivity index (χ1v) is 10.8. The molecule has 0 bridgehead atoms. The zero-order valence-corrected chi connectivity index (χ0v) is 17.0. The highest BCUT2D eigenvalue weighted by Crippen LogP contribution is 2.30. The van der Waals surface area contributed by atoms with Gasteiger partial charge in [-0.3, -0.25) is 4.55 Å². The van der Waals surface area contributed by atoms with E-state index in [1.54, 1.807) is 0 Å².